The number of carboxylic acid groups (broad SMARTS) is 1. The van der Waals surface area contributed by atoms with E-state index in [4.69, 9.17) is 5.11 Å². The van der Waals surface area contributed by atoms with Gasteiger partial charge >= 0.3 is 5.97 Å². The second-order valence-electron chi connectivity index (χ2n) is 6.15. The van der Waals surface area contributed by atoms with Gasteiger partial charge < -0.3 is 15.0 Å². The van der Waals surface area contributed by atoms with Gasteiger partial charge in [-0.2, -0.15) is 0 Å². The van der Waals surface area contributed by atoms with Crippen molar-refractivity contribution in [3.8, 4) is 0 Å². The highest BCUT2D eigenvalue weighted by Crippen LogP contribution is 2.21. The van der Waals surface area contributed by atoms with Gasteiger partial charge in [0.2, 0.25) is 0 Å². The number of nitrogens with one attached hydrogen (secondary N) is 1. The highest BCUT2D eigenvalue weighted by molar-refractivity contribution is 5.94. The van der Waals surface area contributed by atoms with Crippen molar-refractivity contribution in [2.45, 2.75) is 38.5 Å². The zero-order chi connectivity index (χ0) is 15.7. The first-order chi connectivity index (χ1) is 10.6. The van der Waals surface area contributed by atoms with Gasteiger partial charge in [-0.25, -0.2) is 0 Å². The Balaban J connectivity index is 1.85. The Bertz CT molecular complexity index is 665. The van der Waals surface area contributed by atoms with E-state index in [-0.39, 0.29) is 23.6 Å². The maximum absolute atomic E-state index is 12.5. The molecule has 1 unspecified atom stereocenters. The maximum Gasteiger partial charge on any atom is 0.308 e. The Morgan fingerprint density at radius 2 is 2.00 bits per heavy atom. The van der Waals surface area contributed by atoms with Crippen molar-refractivity contribution in [2.24, 2.45) is 5.92 Å². The molecule has 1 saturated heterocycles. The molecule has 1 aliphatic heterocycles. The smallest absolute Gasteiger partial charge is 0.308 e. The maximum atomic E-state index is 12.5. The van der Waals surface area contributed by atoms with Gasteiger partial charge in [0.1, 0.15) is 5.56 Å². The van der Waals surface area contributed by atoms with Crippen molar-refractivity contribution in [3.05, 3.63) is 33.2 Å². The molecule has 2 N–H and O–H groups in total. The molecule has 1 amide bonds. The standard InChI is InChI=1S/C16H20N2O4/c19-14-12(8-10-4-2-1-3-5-13(10)17-14)15(20)18-7-6-11(9-18)16(21)22/h8,11H,1-7,9H2,(H,17,19)(H,21,22). The third-order valence-corrected chi connectivity index (χ3v) is 4.64. The van der Waals surface area contributed by atoms with Crippen molar-refractivity contribution >= 4 is 11.9 Å². The predicted molar refractivity (Wildman–Crippen MR) is 80.0 cm³/mol. The van der Waals surface area contributed by atoms with Crippen molar-refractivity contribution in [3.63, 3.8) is 0 Å². The van der Waals surface area contributed by atoms with E-state index in [0.29, 0.717) is 13.0 Å². The van der Waals surface area contributed by atoms with Gasteiger partial charge in [-0.3, -0.25) is 14.4 Å². The number of H-pyrrole nitrogens is 1. The summed E-state index contributed by atoms with van der Waals surface area (Å²) in [5.41, 5.74) is 1.79. The summed E-state index contributed by atoms with van der Waals surface area (Å²) in [5, 5.41) is 9.02. The van der Waals surface area contributed by atoms with E-state index < -0.39 is 11.9 Å². The lowest BCUT2D eigenvalue weighted by atomic mass is 10.1. The second kappa shape index (κ2) is 5.94. The van der Waals surface area contributed by atoms with Crippen molar-refractivity contribution in [1.29, 1.82) is 0 Å². The molecule has 3 rings (SSSR count). The SMILES string of the molecule is O=C(O)C1CCN(C(=O)c2cc3c([nH]c2=O)CCCCC3)C1. The topological polar surface area (TPSA) is 90.5 Å². The largest absolute Gasteiger partial charge is 0.481 e. The van der Waals surface area contributed by atoms with Crippen LogP contribution in [0.15, 0.2) is 10.9 Å². The van der Waals surface area contributed by atoms with Gasteiger partial charge in [-0.15, -0.1) is 0 Å². The number of amides is 1. The number of aromatic amines is 1. The average Bonchev–Trinajstić information content (AvgIpc) is 2.88. The Morgan fingerprint density at radius 3 is 2.73 bits per heavy atom. The van der Waals surface area contributed by atoms with Gasteiger partial charge in [-0.05, 0) is 43.7 Å². The van der Waals surface area contributed by atoms with E-state index in [9.17, 15) is 14.4 Å². The number of aromatic nitrogens is 1. The van der Waals surface area contributed by atoms with Crippen LogP contribution in [0.5, 0.6) is 0 Å². The molecule has 0 saturated carbocycles. The average molecular weight is 304 g/mol. The van der Waals surface area contributed by atoms with E-state index >= 15 is 0 Å². The van der Waals surface area contributed by atoms with E-state index in [1.54, 1.807) is 6.07 Å². The molecule has 1 atom stereocenters. The molecular weight excluding hydrogens is 284 g/mol. The lowest BCUT2D eigenvalue weighted by molar-refractivity contribution is -0.141. The van der Waals surface area contributed by atoms with Gasteiger partial charge in [0.05, 0.1) is 5.92 Å². The summed E-state index contributed by atoms with van der Waals surface area (Å²) in [4.78, 5) is 40.0. The van der Waals surface area contributed by atoms with Gasteiger partial charge in [0.25, 0.3) is 11.5 Å². The lowest BCUT2D eigenvalue weighted by Gasteiger charge is -2.16. The quantitative estimate of drug-likeness (QED) is 0.803. The summed E-state index contributed by atoms with van der Waals surface area (Å²) in [7, 11) is 0. The monoisotopic (exact) mass is 304 g/mol. The van der Waals surface area contributed by atoms with Crippen LogP contribution in [-0.2, 0) is 17.6 Å². The molecule has 1 aromatic heterocycles. The minimum Gasteiger partial charge on any atom is -0.481 e. The fourth-order valence-corrected chi connectivity index (χ4v) is 3.33. The van der Waals surface area contributed by atoms with Crippen molar-refractivity contribution in [2.75, 3.05) is 13.1 Å². The molecule has 118 valence electrons. The van der Waals surface area contributed by atoms with E-state index in [0.717, 1.165) is 43.4 Å². The minimum atomic E-state index is -0.883. The Kier molecular flexibility index (Phi) is 4.00. The highest BCUT2D eigenvalue weighted by Gasteiger charge is 2.32. The fraction of sp³-hybridized carbons (Fsp3) is 0.562. The molecule has 0 radical (unpaired) electrons. The molecule has 2 heterocycles. The molecule has 0 bridgehead atoms. The zero-order valence-corrected chi connectivity index (χ0v) is 12.4. The summed E-state index contributed by atoms with van der Waals surface area (Å²) in [6, 6.07) is 1.72. The molecule has 0 spiro atoms. The van der Waals surface area contributed by atoms with Crippen LogP contribution in [0.2, 0.25) is 0 Å². The molecular formula is C16H20N2O4. The Labute approximate surface area is 128 Å². The van der Waals surface area contributed by atoms with E-state index in [1.807, 2.05) is 0 Å². The zero-order valence-electron chi connectivity index (χ0n) is 12.4. The van der Waals surface area contributed by atoms with E-state index in [2.05, 4.69) is 4.98 Å². The van der Waals surface area contributed by atoms with Crippen LogP contribution in [0.3, 0.4) is 0 Å². The fourth-order valence-electron chi connectivity index (χ4n) is 3.33. The highest BCUT2D eigenvalue weighted by atomic mass is 16.4. The number of carbonyl (C=O) groups is 2. The molecule has 0 aromatic carbocycles. The number of fused-ring (bicyclic) bond motifs is 1. The summed E-state index contributed by atoms with van der Waals surface area (Å²) in [6.07, 6.45) is 5.43. The van der Waals surface area contributed by atoms with Crippen LogP contribution in [0.1, 0.15) is 47.3 Å². The molecule has 1 fully saturated rings. The molecule has 22 heavy (non-hydrogen) atoms. The normalized spacial score (nSPS) is 21.3. The number of carbonyl (C=O) groups excluding carboxylic acids is 1. The first kappa shape index (κ1) is 14.8. The number of pyridine rings is 1. The number of aliphatic carboxylic acids is 1. The van der Waals surface area contributed by atoms with Gasteiger partial charge in [0.15, 0.2) is 0 Å². The van der Waals surface area contributed by atoms with Crippen LogP contribution < -0.4 is 5.56 Å². The third-order valence-electron chi connectivity index (χ3n) is 4.64. The van der Waals surface area contributed by atoms with Crippen molar-refractivity contribution < 1.29 is 14.7 Å². The van der Waals surface area contributed by atoms with Crippen molar-refractivity contribution in [1.82, 2.24) is 9.88 Å². The number of likely N-dealkylation sites (tertiary alicyclic amines) is 1. The minimum absolute atomic E-state index is 0.145. The van der Waals surface area contributed by atoms with Crippen LogP contribution in [-0.4, -0.2) is 40.0 Å². The number of rotatable bonds is 2. The third kappa shape index (κ3) is 2.77. The van der Waals surface area contributed by atoms with Gasteiger partial charge in [0, 0.05) is 18.8 Å². The number of aryl methyl sites for hydroxylation is 2. The first-order valence-electron chi connectivity index (χ1n) is 7.83. The van der Waals surface area contributed by atoms with E-state index in [1.165, 1.54) is 4.90 Å². The summed E-state index contributed by atoms with van der Waals surface area (Å²) in [5.74, 6) is -1.76. The number of hydrogen-bond donors (Lipinski definition) is 2. The Morgan fingerprint density at radius 1 is 1.23 bits per heavy atom. The predicted octanol–water partition coefficient (Wildman–Crippen LogP) is 1.19. The molecule has 1 aliphatic carbocycles. The van der Waals surface area contributed by atoms with Crippen LogP contribution >= 0.6 is 0 Å². The summed E-state index contributed by atoms with van der Waals surface area (Å²) in [6.45, 7) is 0.580. The number of carboxylic acids is 1. The van der Waals surface area contributed by atoms with Crippen LogP contribution in [0.25, 0.3) is 0 Å². The Hall–Kier alpha value is -2.11. The molecule has 1 aromatic rings. The van der Waals surface area contributed by atoms with Crippen LogP contribution in [0.4, 0.5) is 0 Å². The molecule has 6 heteroatoms. The van der Waals surface area contributed by atoms with Gasteiger partial charge in [-0.1, -0.05) is 6.42 Å². The second-order valence-corrected chi connectivity index (χ2v) is 6.15. The molecule has 2 aliphatic rings. The number of hydrogen-bond acceptors (Lipinski definition) is 3. The first-order valence-corrected chi connectivity index (χ1v) is 7.83. The lowest BCUT2D eigenvalue weighted by Crippen LogP contribution is -2.34. The molecule has 6 nitrogen and oxygen atoms in total. The number of nitrogens with zero attached hydrogens (tertiary/aromatic N) is 1. The van der Waals surface area contributed by atoms with Crippen LogP contribution in [0, 0.1) is 5.92 Å². The summed E-state index contributed by atoms with van der Waals surface area (Å²) < 4.78 is 0. The summed E-state index contributed by atoms with van der Waals surface area (Å²) >= 11 is 0.